The van der Waals surface area contributed by atoms with Crippen molar-refractivity contribution in [3.8, 4) is 11.5 Å². The first-order valence-electron chi connectivity index (χ1n) is 13.2. The predicted molar refractivity (Wildman–Crippen MR) is 160 cm³/mol. The number of thioether (sulfide) groups is 1. The summed E-state index contributed by atoms with van der Waals surface area (Å²) in [4.78, 5) is 52.6. The number of esters is 1. The van der Waals surface area contributed by atoms with Crippen LogP contribution in [0.1, 0.15) is 40.9 Å². The van der Waals surface area contributed by atoms with Gasteiger partial charge in [-0.15, -0.1) is 11.8 Å². The quantitative estimate of drug-likeness (QED) is 0.0930. The molecule has 3 atom stereocenters. The Morgan fingerprint density at radius 1 is 1.09 bits per heavy atom. The molecule has 0 aromatic heterocycles. The number of ether oxygens (including phenoxy) is 1. The minimum Gasteiger partial charge on any atom is -0.504 e. The molecule has 2 heterocycles. The van der Waals surface area contributed by atoms with Crippen molar-refractivity contribution in [3.63, 3.8) is 0 Å². The number of carbonyl (C=O) groups is 4. The van der Waals surface area contributed by atoms with E-state index in [4.69, 9.17) is 16.3 Å². The number of aromatic hydroxyl groups is 2. The third-order valence-electron chi connectivity index (χ3n) is 7.08. The maximum atomic E-state index is 13.8. The minimum absolute atomic E-state index is 0.136. The lowest BCUT2D eigenvalue weighted by Crippen LogP contribution is -2.58. The highest BCUT2D eigenvalue weighted by Gasteiger charge is 2.61. The van der Waals surface area contributed by atoms with Crippen LogP contribution >= 0.6 is 23.4 Å². The first-order chi connectivity index (χ1) is 20.6. The molecule has 13 heteroatoms. The van der Waals surface area contributed by atoms with Crippen molar-refractivity contribution in [1.82, 2.24) is 15.6 Å². The molecule has 4 N–H and O–H groups in total. The molecule has 5 rings (SSSR count). The molecule has 2 aliphatic rings. The van der Waals surface area contributed by atoms with E-state index >= 15 is 0 Å². The number of hydrogen-bond donors (Lipinski definition) is 4. The van der Waals surface area contributed by atoms with Crippen LogP contribution in [0.25, 0.3) is 0 Å². The summed E-state index contributed by atoms with van der Waals surface area (Å²) in [5.41, 5.74) is 3.72. The van der Waals surface area contributed by atoms with Crippen LogP contribution in [0.15, 0.2) is 77.9 Å². The third-order valence-corrected chi connectivity index (χ3v) is 8.96. The van der Waals surface area contributed by atoms with Crippen LogP contribution in [0.3, 0.4) is 0 Å². The van der Waals surface area contributed by atoms with E-state index in [1.807, 2.05) is 60.7 Å². The number of β-lactam (4-membered cyclic amide) rings is 1. The fraction of sp³-hybridized carbons (Fsp3) is 0.233. The first-order valence-corrected chi connectivity index (χ1v) is 14.5. The zero-order chi connectivity index (χ0) is 30.7. The van der Waals surface area contributed by atoms with Gasteiger partial charge in [0, 0.05) is 6.21 Å². The SMILES string of the molecule is C[C@@]1(/C=N/NC(=O)CNC(=O)c2ccc(O)c(O)c2Cl)S[C@@H]2CC(=O)N2[C@H]1C(=O)OC(c1ccccc1)c1ccccc1. The number of nitrogens with zero attached hydrogens (tertiary/aromatic N) is 2. The second-order valence-electron chi connectivity index (χ2n) is 10.1. The molecule has 2 fully saturated rings. The van der Waals surface area contributed by atoms with E-state index in [2.05, 4.69) is 15.8 Å². The number of hydrazone groups is 1. The van der Waals surface area contributed by atoms with Crippen LogP contribution in [-0.4, -0.2) is 67.7 Å². The van der Waals surface area contributed by atoms with Gasteiger partial charge in [0.2, 0.25) is 5.91 Å². The van der Waals surface area contributed by atoms with Gasteiger partial charge >= 0.3 is 5.97 Å². The van der Waals surface area contributed by atoms with Gasteiger partial charge in [-0.2, -0.15) is 5.10 Å². The Balaban J connectivity index is 1.27. The van der Waals surface area contributed by atoms with Crippen molar-refractivity contribution < 1.29 is 34.1 Å². The fourth-order valence-corrected chi connectivity index (χ4v) is 6.78. The van der Waals surface area contributed by atoms with Crippen LogP contribution in [0.2, 0.25) is 5.02 Å². The summed E-state index contributed by atoms with van der Waals surface area (Å²) in [5.74, 6) is -3.37. The van der Waals surface area contributed by atoms with Crippen molar-refractivity contribution in [2.24, 2.45) is 5.10 Å². The molecule has 3 aromatic rings. The van der Waals surface area contributed by atoms with Crippen LogP contribution in [0.4, 0.5) is 0 Å². The maximum absolute atomic E-state index is 13.8. The highest BCUT2D eigenvalue weighted by molar-refractivity contribution is 8.02. The summed E-state index contributed by atoms with van der Waals surface area (Å²) in [6.45, 7) is 1.26. The van der Waals surface area contributed by atoms with Crippen LogP contribution in [0, 0.1) is 0 Å². The molecule has 0 spiro atoms. The Morgan fingerprint density at radius 2 is 1.72 bits per heavy atom. The van der Waals surface area contributed by atoms with E-state index in [1.165, 1.54) is 28.9 Å². The lowest BCUT2D eigenvalue weighted by molar-refractivity contribution is -0.163. The van der Waals surface area contributed by atoms with Gasteiger partial charge in [0.25, 0.3) is 11.8 Å². The number of carbonyl (C=O) groups excluding carboxylic acids is 4. The fourth-order valence-electron chi connectivity index (χ4n) is 4.91. The molecule has 0 aliphatic carbocycles. The number of hydrogen-bond acceptors (Lipinski definition) is 9. The van der Waals surface area contributed by atoms with Gasteiger partial charge in [-0.3, -0.25) is 14.4 Å². The summed E-state index contributed by atoms with van der Waals surface area (Å²) >= 11 is 7.26. The molecule has 3 aromatic carbocycles. The predicted octanol–water partition coefficient (Wildman–Crippen LogP) is 3.35. The normalized spacial score (nSPS) is 20.9. The Labute approximate surface area is 255 Å². The Morgan fingerprint density at radius 3 is 2.33 bits per heavy atom. The molecular formula is C30H27ClN4O7S. The molecule has 11 nitrogen and oxygen atoms in total. The second kappa shape index (κ2) is 12.4. The summed E-state index contributed by atoms with van der Waals surface area (Å²) < 4.78 is 5.05. The Hall–Kier alpha value is -4.55. The summed E-state index contributed by atoms with van der Waals surface area (Å²) in [5, 5.41) is 25.0. The molecule has 0 unspecified atom stereocenters. The maximum Gasteiger partial charge on any atom is 0.331 e. The van der Waals surface area contributed by atoms with Gasteiger partial charge in [-0.05, 0) is 30.2 Å². The Bertz CT molecular complexity index is 1550. The number of phenolic OH excluding ortho intramolecular Hbond substituents is 2. The number of fused-ring (bicyclic) bond motifs is 1. The third kappa shape index (κ3) is 6.15. The van der Waals surface area contributed by atoms with E-state index in [1.54, 1.807) is 6.92 Å². The topological polar surface area (TPSA) is 158 Å². The summed E-state index contributed by atoms with van der Waals surface area (Å²) in [7, 11) is 0. The molecule has 2 aliphatic heterocycles. The van der Waals surface area contributed by atoms with Gasteiger partial charge < -0.3 is 25.2 Å². The molecule has 0 bridgehead atoms. The largest absolute Gasteiger partial charge is 0.504 e. The van der Waals surface area contributed by atoms with Crippen LogP contribution in [-0.2, 0) is 19.1 Å². The number of phenols is 2. The first kappa shape index (κ1) is 29.9. The van der Waals surface area contributed by atoms with Gasteiger partial charge in [-0.25, -0.2) is 10.2 Å². The number of amides is 3. The minimum atomic E-state index is -1.03. The monoisotopic (exact) mass is 622 g/mol. The van der Waals surface area contributed by atoms with E-state index in [9.17, 15) is 29.4 Å². The molecule has 222 valence electrons. The molecule has 0 radical (unpaired) electrons. The van der Waals surface area contributed by atoms with Gasteiger partial charge in [0.1, 0.15) is 6.04 Å². The van der Waals surface area contributed by atoms with E-state index in [0.29, 0.717) is 0 Å². The van der Waals surface area contributed by atoms with Gasteiger partial charge in [0.15, 0.2) is 17.6 Å². The smallest absolute Gasteiger partial charge is 0.331 e. The van der Waals surface area contributed by atoms with Crippen molar-refractivity contribution in [1.29, 1.82) is 0 Å². The standard InChI is InChI=1S/C30H27ClN4O7S/c1-30(16-33-34-21(37)15-32-28(40)19-12-13-20(36)25(39)24(19)31)27(35-22(38)14-23(35)43-30)29(41)42-26(17-8-4-2-5-9-17)18-10-6-3-7-11-18/h2-13,16,23,26-27,36,39H,14-15H2,1H3,(H,32,40)(H,34,37)/b33-16+/t23-,27+,30+/m1/s1. The van der Waals surface area contributed by atoms with E-state index in [-0.39, 0.29) is 28.3 Å². The Kier molecular flexibility index (Phi) is 8.60. The van der Waals surface area contributed by atoms with Crippen molar-refractivity contribution in [2.45, 2.75) is 35.6 Å². The molecule has 2 saturated heterocycles. The highest BCUT2D eigenvalue weighted by atomic mass is 35.5. The van der Waals surface area contributed by atoms with Crippen molar-refractivity contribution >= 4 is 53.3 Å². The van der Waals surface area contributed by atoms with Crippen LogP contribution in [0.5, 0.6) is 11.5 Å². The second-order valence-corrected chi connectivity index (χ2v) is 12.1. The molecule has 43 heavy (non-hydrogen) atoms. The molecule has 3 amide bonds. The lowest BCUT2D eigenvalue weighted by atomic mass is 9.96. The average molecular weight is 623 g/mol. The molecule has 0 saturated carbocycles. The lowest BCUT2D eigenvalue weighted by Gasteiger charge is -2.37. The summed E-state index contributed by atoms with van der Waals surface area (Å²) in [6, 6.07) is 19.9. The molecular weight excluding hydrogens is 596 g/mol. The number of halogens is 1. The average Bonchev–Trinajstić information content (AvgIpc) is 3.24. The number of rotatable bonds is 9. The zero-order valence-corrected chi connectivity index (χ0v) is 24.3. The van der Waals surface area contributed by atoms with Crippen LogP contribution < -0.4 is 10.7 Å². The van der Waals surface area contributed by atoms with Gasteiger partial charge in [0.05, 0.1) is 33.7 Å². The highest BCUT2D eigenvalue weighted by Crippen LogP contribution is 2.50. The number of nitrogens with one attached hydrogen (secondary N) is 2. The number of benzene rings is 3. The van der Waals surface area contributed by atoms with Gasteiger partial charge in [-0.1, -0.05) is 72.3 Å². The zero-order valence-electron chi connectivity index (χ0n) is 22.8. The van der Waals surface area contributed by atoms with E-state index < -0.39 is 52.7 Å². The van der Waals surface area contributed by atoms with E-state index in [0.717, 1.165) is 17.2 Å². The summed E-state index contributed by atoms with van der Waals surface area (Å²) in [6.07, 6.45) is 0.958. The van der Waals surface area contributed by atoms with Crippen molar-refractivity contribution in [3.05, 3.63) is 94.5 Å². The van der Waals surface area contributed by atoms with Crippen molar-refractivity contribution in [2.75, 3.05) is 6.54 Å².